The van der Waals surface area contributed by atoms with Gasteiger partial charge in [0.05, 0.1) is 0 Å². The van der Waals surface area contributed by atoms with E-state index in [2.05, 4.69) is 14.2 Å². The molecule has 0 saturated carbocycles. The van der Waals surface area contributed by atoms with Crippen molar-refractivity contribution in [3.8, 4) is 28.4 Å². The van der Waals surface area contributed by atoms with Gasteiger partial charge in [0.15, 0.2) is 0 Å². The van der Waals surface area contributed by atoms with E-state index >= 15 is 0 Å². The zero-order valence-electron chi connectivity index (χ0n) is 11.8. The largest absolute Gasteiger partial charge is 0.511 e. The fourth-order valence-corrected chi connectivity index (χ4v) is 1.90. The molecule has 0 aromatic heterocycles. The number of rotatable bonds is 4. The van der Waals surface area contributed by atoms with Crippen molar-refractivity contribution in [3.63, 3.8) is 0 Å². The lowest BCUT2D eigenvalue weighted by Crippen LogP contribution is -2.06. The molecule has 0 aliphatic heterocycles. The van der Waals surface area contributed by atoms with Gasteiger partial charge in [0.1, 0.15) is 17.2 Å². The summed E-state index contributed by atoms with van der Waals surface area (Å²) in [6, 6.07) is 9.60. The molecule has 0 radical (unpaired) electrons. The Morgan fingerprint density at radius 1 is 0.625 bits per heavy atom. The van der Waals surface area contributed by atoms with E-state index in [9.17, 15) is 14.4 Å². The van der Waals surface area contributed by atoms with Crippen molar-refractivity contribution in [2.45, 2.75) is 0 Å². The second kappa shape index (κ2) is 7.01. The molecule has 0 atom stereocenters. The summed E-state index contributed by atoms with van der Waals surface area (Å²) in [6.07, 6.45) is -4.67. The smallest absolute Gasteiger partial charge is 0.449 e. The van der Waals surface area contributed by atoms with Crippen LogP contribution in [0.5, 0.6) is 17.2 Å². The lowest BCUT2D eigenvalue weighted by atomic mass is 10.0. The molecule has 9 heteroatoms. The summed E-state index contributed by atoms with van der Waals surface area (Å²) in [5.74, 6) is -0.299. The second-order valence-electron chi connectivity index (χ2n) is 4.32. The van der Waals surface area contributed by atoms with Crippen LogP contribution in [0.1, 0.15) is 0 Å². The van der Waals surface area contributed by atoms with E-state index < -0.39 is 18.5 Å². The fraction of sp³-hybridized carbons (Fsp3) is 0. The summed E-state index contributed by atoms with van der Waals surface area (Å²) >= 11 is 0. The van der Waals surface area contributed by atoms with E-state index in [4.69, 9.17) is 15.3 Å². The molecule has 0 aliphatic rings. The molecule has 0 spiro atoms. The predicted molar refractivity (Wildman–Crippen MR) is 77.8 cm³/mol. The first-order valence-corrected chi connectivity index (χ1v) is 6.31. The van der Waals surface area contributed by atoms with Crippen LogP contribution >= 0.6 is 0 Å². The van der Waals surface area contributed by atoms with E-state index in [0.29, 0.717) is 11.1 Å². The summed E-state index contributed by atoms with van der Waals surface area (Å²) in [4.78, 5) is 31.9. The van der Waals surface area contributed by atoms with Crippen molar-refractivity contribution < 1.29 is 43.9 Å². The minimum absolute atomic E-state index is 0.0326. The third kappa shape index (κ3) is 4.63. The van der Waals surface area contributed by atoms with E-state index in [1.54, 1.807) is 6.07 Å². The van der Waals surface area contributed by atoms with Gasteiger partial charge in [0, 0.05) is 6.07 Å². The number of benzene rings is 2. The van der Waals surface area contributed by atoms with Gasteiger partial charge < -0.3 is 29.5 Å². The number of ether oxygens (including phenoxy) is 3. The maximum absolute atomic E-state index is 10.7. The predicted octanol–water partition coefficient (Wildman–Crippen LogP) is 3.52. The van der Waals surface area contributed by atoms with Crippen molar-refractivity contribution in [3.05, 3.63) is 42.5 Å². The first kappa shape index (κ1) is 16.6. The Morgan fingerprint density at radius 3 is 1.58 bits per heavy atom. The van der Waals surface area contributed by atoms with Crippen LogP contribution in [0, 0.1) is 0 Å². The molecular weight excluding hydrogens is 324 g/mol. The minimum Gasteiger partial charge on any atom is -0.449 e. The molecule has 9 nitrogen and oxygen atoms in total. The summed E-state index contributed by atoms with van der Waals surface area (Å²) in [5.41, 5.74) is 0.765. The zero-order chi connectivity index (χ0) is 17.7. The third-order valence-electron chi connectivity index (χ3n) is 2.66. The summed E-state index contributed by atoms with van der Waals surface area (Å²) < 4.78 is 13.6. The number of hydrogen-bond acceptors (Lipinski definition) is 6. The van der Waals surface area contributed by atoms with E-state index in [-0.39, 0.29) is 17.2 Å². The maximum atomic E-state index is 10.7. The summed E-state index contributed by atoms with van der Waals surface area (Å²) in [7, 11) is 0. The van der Waals surface area contributed by atoms with Gasteiger partial charge in [0.25, 0.3) is 0 Å². The van der Waals surface area contributed by atoms with Crippen molar-refractivity contribution in [2.24, 2.45) is 0 Å². The van der Waals surface area contributed by atoms with Gasteiger partial charge in [-0.1, -0.05) is 12.1 Å². The van der Waals surface area contributed by atoms with Gasteiger partial charge in [-0.3, -0.25) is 0 Å². The van der Waals surface area contributed by atoms with Gasteiger partial charge in [-0.15, -0.1) is 0 Å². The Morgan fingerprint density at radius 2 is 1.08 bits per heavy atom. The van der Waals surface area contributed by atoms with Gasteiger partial charge >= 0.3 is 18.5 Å². The SMILES string of the molecule is O=C(O)Oc1cccc(-c2cc(OC(=O)O)cc(OC(=O)O)c2)c1. The molecule has 24 heavy (non-hydrogen) atoms. The normalized spacial score (nSPS) is 9.83. The van der Waals surface area contributed by atoms with E-state index in [0.717, 1.165) is 6.07 Å². The molecule has 2 aromatic rings. The minimum atomic E-state index is -1.59. The lowest BCUT2D eigenvalue weighted by molar-refractivity contribution is 0.141. The summed E-state index contributed by atoms with van der Waals surface area (Å²) in [6.45, 7) is 0. The number of carboxylic acid groups (broad SMARTS) is 3. The Kier molecular flexibility index (Phi) is 4.85. The topological polar surface area (TPSA) is 140 Å². The van der Waals surface area contributed by atoms with Crippen LogP contribution < -0.4 is 14.2 Å². The highest BCUT2D eigenvalue weighted by Crippen LogP contribution is 2.32. The molecule has 0 saturated heterocycles. The van der Waals surface area contributed by atoms with Gasteiger partial charge in [-0.2, -0.15) is 0 Å². The molecule has 0 bridgehead atoms. The molecule has 2 aromatic carbocycles. The number of carbonyl (C=O) groups is 3. The Bertz CT molecular complexity index is 763. The van der Waals surface area contributed by atoms with Gasteiger partial charge in [0.2, 0.25) is 0 Å². The highest BCUT2D eigenvalue weighted by Gasteiger charge is 2.11. The summed E-state index contributed by atoms with van der Waals surface area (Å²) in [5, 5.41) is 26.0. The average Bonchev–Trinajstić information content (AvgIpc) is 2.45. The van der Waals surface area contributed by atoms with Crippen LogP contribution in [0.15, 0.2) is 42.5 Å². The first-order valence-electron chi connectivity index (χ1n) is 6.31. The third-order valence-corrected chi connectivity index (χ3v) is 2.66. The highest BCUT2D eigenvalue weighted by molar-refractivity contribution is 5.73. The Hall–Kier alpha value is -3.75. The van der Waals surface area contributed by atoms with Crippen LogP contribution in [0.4, 0.5) is 14.4 Å². The van der Waals surface area contributed by atoms with Crippen LogP contribution in [0.2, 0.25) is 0 Å². The van der Waals surface area contributed by atoms with Crippen molar-refractivity contribution >= 4 is 18.5 Å². The van der Waals surface area contributed by atoms with Crippen molar-refractivity contribution in [2.75, 3.05) is 0 Å². The molecule has 0 unspecified atom stereocenters. The van der Waals surface area contributed by atoms with Gasteiger partial charge in [-0.05, 0) is 35.4 Å². The first-order chi connectivity index (χ1) is 11.3. The Labute approximate surface area is 134 Å². The van der Waals surface area contributed by atoms with Crippen LogP contribution in [-0.4, -0.2) is 33.8 Å². The second-order valence-corrected chi connectivity index (χ2v) is 4.32. The Balaban J connectivity index is 2.45. The zero-order valence-corrected chi connectivity index (χ0v) is 11.8. The maximum Gasteiger partial charge on any atom is 0.511 e. The molecular formula is C15H10O9. The van der Waals surface area contributed by atoms with E-state index in [1.165, 1.54) is 30.3 Å². The van der Waals surface area contributed by atoms with Crippen molar-refractivity contribution in [1.29, 1.82) is 0 Å². The average molecular weight is 334 g/mol. The number of hydrogen-bond donors (Lipinski definition) is 3. The van der Waals surface area contributed by atoms with E-state index in [1.807, 2.05) is 0 Å². The monoisotopic (exact) mass is 334 g/mol. The fourth-order valence-electron chi connectivity index (χ4n) is 1.90. The van der Waals surface area contributed by atoms with Crippen LogP contribution in [0.3, 0.4) is 0 Å². The highest BCUT2D eigenvalue weighted by atomic mass is 16.7. The van der Waals surface area contributed by atoms with Crippen LogP contribution in [-0.2, 0) is 0 Å². The molecule has 0 fully saturated rings. The quantitative estimate of drug-likeness (QED) is 0.565. The molecule has 0 aliphatic carbocycles. The molecule has 3 N–H and O–H groups in total. The standard InChI is InChI=1S/C15H10O9/c16-13(17)22-10-3-1-2-8(4-10)9-5-11(23-14(18)19)7-12(6-9)24-15(20)21/h1-7H,(H,16,17)(H,18,19)(H,20,21). The van der Waals surface area contributed by atoms with Crippen LogP contribution in [0.25, 0.3) is 11.1 Å². The molecule has 2 rings (SSSR count). The van der Waals surface area contributed by atoms with Gasteiger partial charge in [-0.25, -0.2) is 14.4 Å². The lowest BCUT2D eigenvalue weighted by Gasteiger charge is -2.09. The molecule has 0 heterocycles. The molecule has 124 valence electrons. The molecule has 0 amide bonds. The van der Waals surface area contributed by atoms with Crippen molar-refractivity contribution in [1.82, 2.24) is 0 Å².